The molecule has 0 saturated carbocycles. The normalized spacial score (nSPS) is 19.1. The highest BCUT2D eigenvalue weighted by Gasteiger charge is 2.36. The first-order valence-corrected chi connectivity index (χ1v) is 13.4. The van der Waals surface area contributed by atoms with Crippen LogP contribution in [-0.4, -0.2) is 72.5 Å². The molecule has 1 aliphatic rings. The van der Waals surface area contributed by atoms with Crippen molar-refractivity contribution >= 4 is 15.9 Å². The second kappa shape index (κ2) is 11.0. The lowest BCUT2D eigenvalue weighted by atomic mass is 9.99. The lowest BCUT2D eigenvalue weighted by molar-refractivity contribution is 0.0373. The molecule has 4 rings (SSSR count). The molecule has 0 bridgehead atoms. The summed E-state index contributed by atoms with van der Waals surface area (Å²) in [6.45, 7) is 3.63. The summed E-state index contributed by atoms with van der Waals surface area (Å²) in [6.07, 6.45) is 0.903. The summed E-state index contributed by atoms with van der Waals surface area (Å²) in [5.41, 5.74) is 1.46. The standard InChI is InChI=1S/C27H30FN3O5S/c1-18-15-31(19(2)17-32)27(33)24-13-21(20-9-11-22(28)12-10-20)14-29-26(24)36-25(18)16-30(3)37(34,35)23-7-5-4-6-8-23/h4-14,18-19,25,32H,15-17H2,1-3H3/t18-,19+,25-/m0/s1. The highest BCUT2D eigenvalue weighted by atomic mass is 32.2. The first-order valence-electron chi connectivity index (χ1n) is 12.0. The average molecular weight is 528 g/mol. The van der Waals surface area contributed by atoms with Gasteiger partial charge in [0, 0.05) is 31.3 Å². The van der Waals surface area contributed by atoms with Crippen molar-refractivity contribution in [2.45, 2.75) is 30.9 Å². The number of carbonyl (C=O) groups is 1. The number of nitrogens with zero attached hydrogens (tertiary/aromatic N) is 3. The summed E-state index contributed by atoms with van der Waals surface area (Å²) in [4.78, 5) is 19.7. The maximum atomic E-state index is 13.6. The van der Waals surface area contributed by atoms with Crippen LogP contribution < -0.4 is 4.74 Å². The molecule has 0 aliphatic carbocycles. The number of pyridine rings is 1. The van der Waals surface area contributed by atoms with Crippen molar-refractivity contribution in [1.82, 2.24) is 14.2 Å². The first kappa shape index (κ1) is 26.7. The Morgan fingerprint density at radius 2 is 1.84 bits per heavy atom. The lowest BCUT2D eigenvalue weighted by Crippen LogP contribution is -2.50. The van der Waals surface area contributed by atoms with Crippen LogP contribution >= 0.6 is 0 Å². The summed E-state index contributed by atoms with van der Waals surface area (Å²) in [7, 11) is -2.28. The second-order valence-corrected chi connectivity index (χ2v) is 11.3. The molecule has 0 saturated heterocycles. The minimum Gasteiger partial charge on any atom is -0.472 e. The van der Waals surface area contributed by atoms with Crippen molar-refractivity contribution in [3.8, 4) is 17.0 Å². The van der Waals surface area contributed by atoms with E-state index in [1.54, 1.807) is 48.2 Å². The van der Waals surface area contributed by atoms with Crippen LogP contribution in [0.3, 0.4) is 0 Å². The molecule has 1 amide bonds. The van der Waals surface area contributed by atoms with Crippen molar-refractivity contribution in [3.63, 3.8) is 0 Å². The Labute approximate surface area is 216 Å². The Hall–Kier alpha value is -3.34. The van der Waals surface area contributed by atoms with Crippen LogP contribution in [0.1, 0.15) is 24.2 Å². The van der Waals surface area contributed by atoms with Crippen molar-refractivity contribution in [2.24, 2.45) is 5.92 Å². The number of aliphatic hydroxyl groups is 1. The van der Waals surface area contributed by atoms with Crippen LogP contribution in [0.4, 0.5) is 4.39 Å². The molecule has 196 valence electrons. The Bertz CT molecular complexity index is 1350. The fraction of sp³-hybridized carbons (Fsp3) is 0.333. The van der Waals surface area contributed by atoms with Gasteiger partial charge < -0.3 is 14.7 Å². The van der Waals surface area contributed by atoms with E-state index in [0.29, 0.717) is 11.1 Å². The molecule has 2 heterocycles. The van der Waals surface area contributed by atoms with E-state index in [9.17, 15) is 22.7 Å². The average Bonchev–Trinajstić information content (AvgIpc) is 2.90. The molecule has 1 aliphatic heterocycles. The Morgan fingerprint density at radius 1 is 1.16 bits per heavy atom. The van der Waals surface area contributed by atoms with Gasteiger partial charge in [0.2, 0.25) is 15.9 Å². The number of sulfonamides is 1. The number of amides is 1. The number of aliphatic hydroxyl groups excluding tert-OH is 1. The van der Waals surface area contributed by atoms with Crippen molar-refractivity contribution < 1.29 is 27.4 Å². The third-order valence-electron chi connectivity index (χ3n) is 6.59. The minimum absolute atomic E-state index is 0.0226. The molecule has 1 N–H and O–H groups in total. The Morgan fingerprint density at radius 3 is 2.49 bits per heavy atom. The maximum absolute atomic E-state index is 13.6. The predicted octanol–water partition coefficient (Wildman–Crippen LogP) is 3.43. The van der Waals surface area contributed by atoms with Gasteiger partial charge in [0.15, 0.2) is 0 Å². The van der Waals surface area contributed by atoms with E-state index in [0.717, 1.165) is 0 Å². The summed E-state index contributed by atoms with van der Waals surface area (Å²) in [5.74, 6) is -0.938. The molecule has 2 aromatic carbocycles. The first-order chi connectivity index (χ1) is 17.6. The van der Waals surface area contributed by atoms with Crippen LogP contribution in [0, 0.1) is 11.7 Å². The Balaban J connectivity index is 1.71. The van der Waals surface area contributed by atoms with Gasteiger partial charge in [-0.25, -0.2) is 17.8 Å². The molecule has 0 spiro atoms. The summed E-state index contributed by atoms with van der Waals surface area (Å²) in [6, 6.07) is 15.1. The van der Waals surface area contributed by atoms with Gasteiger partial charge in [0.05, 0.1) is 24.1 Å². The molecule has 0 fully saturated rings. The SMILES string of the molecule is C[C@H](CO)N1C[C@H](C)[C@H](CN(C)S(=O)(=O)c2ccccc2)Oc2ncc(-c3ccc(F)cc3)cc2C1=O. The van der Waals surface area contributed by atoms with E-state index in [1.165, 1.54) is 41.8 Å². The lowest BCUT2D eigenvalue weighted by Gasteiger charge is -2.37. The Kier molecular flexibility index (Phi) is 7.91. The van der Waals surface area contributed by atoms with Crippen LogP contribution in [0.15, 0.2) is 71.8 Å². The van der Waals surface area contributed by atoms with E-state index in [-0.39, 0.29) is 53.7 Å². The number of fused-ring (bicyclic) bond motifs is 1. The van der Waals surface area contributed by atoms with Crippen LogP contribution in [-0.2, 0) is 10.0 Å². The highest BCUT2D eigenvalue weighted by molar-refractivity contribution is 7.89. The molecular formula is C27H30FN3O5S. The predicted molar refractivity (Wildman–Crippen MR) is 137 cm³/mol. The van der Waals surface area contributed by atoms with E-state index in [1.807, 2.05) is 6.92 Å². The van der Waals surface area contributed by atoms with Crippen LogP contribution in [0.25, 0.3) is 11.1 Å². The highest BCUT2D eigenvalue weighted by Crippen LogP contribution is 2.31. The van der Waals surface area contributed by atoms with Gasteiger partial charge in [-0.1, -0.05) is 37.3 Å². The largest absolute Gasteiger partial charge is 0.472 e. The summed E-state index contributed by atoms with van der Waals surface area (Å²) in [5, 5.41) is 9.84. The second-order valence-electron chi connectivity index (χ2n) is 9.30. The minimum atomic E-state index is -3.77. The van der Waals surface area contributed by atoms with Crippen molar-refractivity contribution in [2.75, 3.05) is 26.7 Å². The third-order valence-corrected chi connectivity index (χ3v) is 8.42. The van der Waals surface area contributed by atoms with Gasteiger partial charge in [0.25, 0.3) is 5.91 Å². The fourth-order valence-electron chi connectivity index (χ4n) is 4.24. The zero-order valence-electron chi connectivity index (χ0n) is 20.9. The number of aromatic nitrogens is 1. The monoisotopic (exact) mass is 527 g/mol. The molecule has 37 heavy (non-hydrogen) atoms. The van der Waals surface area contributed by atoms with E-state index >= 15 is 0 Å². The number of hydrogen-bond donors (Lipinski definition) is 1. The number of benzene rings is 2. The molecular weight excluding hydrogens is 497 g/mol. The number of carbonyl (C=O) groups excluding carboxylic acids is 1. The molecule has 3 aromatic rings. The van der Waals surface area contributed by atoms with Crippen LogP contribution in [0.5, 0.6) is 5.88 Å². The van der Waals surface area contributed by atoms with E-state index < -0.39 is 22.2 Å². The molecule has 0 radical (unpaired) electrons. The number of hydrogen-bond acceptors (Lipinski definition) is 6. The van der Waals surface area contributed by atoms with Gasteiger partial charge in [-0.05, 0) is 42.8 Å². The fourth-order valence-corrected chi connectivity index (χ4v) is 5.45. The summed E-state index contributed by atoms with van der Waals surface area (Å²) >= 11 is 0. The number of halogens is 1. The van der Waals surface area contributed by atoms with Gasteiger partial charge in [-0.3, -0.25) is 4.79 Å². The molecule has 1 aromatic heterocycles. The van der Waals surface area contributed by atoms with Gasteiger partial charge in [-0.15, -0.1) is 0 Å². The number of rotatable bonds is 7. The zero-order valence-corrected chi connectivity index (χ0v) is 21.7. The molecule has 3 atom stereocenters. The van der Waals surface area contributed by atoms with Gasteiger partial charge in [-0.2, -0.15) is 4.31 Å². The van der Waals surface area contributed by atoms with Crippen LogP contribution in [0.2, 0.25) is 0 Å². The third kappa shape index (κ3) is 5.66. The summed E-state index contributed by atoms with van der Waals surface area (Å²) < 4.78 is 47.1. The topological polar surface area (TPSA) is 100 Å². The number of likely N-dealkylation sites (N-methyl/N-ethyl adjacent to an activating group) is 1. The maximum Gasteiger partial charge on any atom is 0.259 e. The van der Waals surface area contributed by atoms with E-state index in [4.69, 9.17) is 4.74 Å². The van der Waals surface area contributed by atoms with E-state index in [2.05, 4.69) is 4.98 Å². The molecule has 0 unspecified atom stereocenters. The van der Waals surface area contributed by atoms with Crippen molar-refractivity contribution in [3.05, 3.63) is 78.2 Å². The van der Waals surface area contributed by atoms with Gasteiger partial charge >= 0.3 is 0 Å². The quantitative estimate of drug-likeness (QED) is 0.506. The number of ether oxygens (including phenoxy) is 1. The molecule has 10 heteroatoms. The zero-order chi connectivity index (χ0) is 26.7. The van der Waals surface area contributed by atoms with Crippen molar-refractivity contribution in [1.29, 1.82) is 0 Å². The van der Waals surface area contributed by atoms with Gasteiger partial charge in [0.1, 0.15) is 17.5 Å². The molecule has 8 nitrogen and oxygen atoms in total. The smallest absolute Gasteiger partial charge is 0.259 e.